The Balaban J connectivity index is 0.882. The maximum Gasteiger partial charge on any atom is 0.124 e. The molecule has 10 aromatic rings. The zero-order valence-corrected chi connectivity index (χ0v) is 40.7. The Hall–Kier alpha value is -8.16. The molecule has 0 aliphatic heterocycles. The van der Waals surface area contributed by atoms with Gasteiger partial charge in [0.05, 0.1) is 15.9 Å². The number of allylic oxidation sites excluding steroid dienone is 6. The third-order valence-corrected chi connectivity index (χ3v) is 14.7. The Kier molecular flexibility index (Phi) is 12.8. The minimum Gasteiger partial charge on any atom is -0.311 e. The number of rotatable bonds is 13. The van der Waals surface area contributed by atoms with Crippen molar-refractivity contribution >= 4 is 67.4 Å². The molecule has 0 radical (unpaired) electrons. The molecular formula is C64H50N4S2. The molecule has 2 heterocycles. The van der Waals surface area contributed by atoms with E-state index in [-0.39, 0.29) is 0 Å². The average molecular weight is 939 g/mol. The quantitative estimate of drug-likeness (QED) is 0.115. The summed E-state index contributed by atoms with van der Waals surface area (Å²) in [4.78, 5) is 15.8. The van der Waals surface area contributed by atoms with Crippen molar-refractivity contribution in [2.45, 2.75) is 26.7 Å². The molecule has 0 spiro atoms. The van der Waals surface area contributed by atoms with Crippen LogP contribution in [0, 0.1) is 6.92 Å². The number of hydrogen-bond acceptors (Lipinski definition) is 6. The van der Waals surface area contributed by atoms with E-state index < -0.39 is 0 Å². The van der Waals surface area contributed by atoms with E-state index in [1.165, 1.54) is 15.1 Å². The Morgan fingerprint density at radius 1 is 0.471 bits per heavy atom. The summed E-state index contributed by atoms with van der Waals surface area (Å²) in [6.07, 6.45) is 17.1. The standard InChI is InChI=1S/C64H50N4S2/c1-3-4-30-60-45(2)69-63(65-60)46-33-37-56(38-34-46)67(54-24-8-5-6-9-25-54)58-28-16-22-52(43-58)50-20-14-18-48(41-50)49-19-15-21-51(42-49)53-23-17-29-59(44-53)68(55-26-10-7-11-27-55)57-39-35-47(36-40-57)64-66-61-31-12-13-32-62(61)70-64/h4-8,10-44H,3,9H2,1-2H3/b30-4-. The van der Waals surface area contributed by atoms with Gasteiger partial charge in [0, 0.05) is 50.1 Å². The number of aromatic nitrogens is 2. The van der Waals surface area contributed by atoms with Crippen molar-refractivity contribution < 1.29 is 0 Å². The summed E-state index contributed by atoms with van der Waals surface area (Å²) in [6, 6.07) is 72.2. The van der Waals surface area contributed by atoms with Gasteiger partial charge in [-0.2, -0.15) is 0 Å². The summed E-state index contributed by atoms with van der Waals surface area (Å²) in [6.45, 7) is 4.30. The number of hydrogen-bond donors (Lipinski definition) is 0. The number of aryl methyl sites for hydroxylation is 1. The molecule has 1 aliphatic carbocycles. The number of para-hydroxylation sites is 2. The molecule has 6 heteroatoms. The van der Waals surface area contributed by atoms with Crippen molar-refractivity contribution in [3.05, 3.63) is 253 Å². The van der Waals surface area contributed by atoms with Gasteiger partial charge in [0.25, 0.3) is 0 Å². The molecule has 1 aliphatic rings. The van der Waals surface area contributed by atoms with Crippen LogP contribution >= 0.6 is 22.7 Å². The largest absolute Gasteiger partial charge is 0.311 e. The Morgan fingerprint density at radius 2 is 0.986 bits per heavy atom. The smallest absolute Gasteiger partial charge is 0.124 e. The maximum atomic E-state index is 4.98. The van der Waals surface area contributed by atoms with Crippen molar-refractivity contribution in [2.24, 2.45) is 0 Å². The number of anilines is 5. The van der Waals surface area contributed by atoms with Crippen LogP contribution in [0.25, 0.3) is 70.8 Å². The lowest BCUT2D eigenvalue weighted by Crippen LogP contribution is -2.15. The van der Waals surface area contributed by atoms with Crippen LogP contribution in [0.4, 0.5) is 28.4 Å². The summed E-state index contributed by atoms with van der Waals surface area (Å²) < 4.78 is 1.20. The molecule has 0 unspecified atom stereocenters. The highest BCUT2D eigenvalue weighted by Gasteiger charge is 2.18. The fourth-order valence-corrected chi connectivity index (χ4v) is 10.9. The second-order valence-electron chi connectivity index (χ2n) is 17.3. The van der Waals surface area contributed by atoms with E-state index in [0.717, 1.165) is 107 Å². The van der Waals surface area contributed by atoms with Gasteiger partial charge in [0.15, 0.2) is 0 Å². The predicted octanol–water partition coefficient (Wildman–Crippen LogP) is 18.8. The molecule has 0 saturated carbocycles. The van der Waals surface area contributed by atoms with Crippen LogP contribution in [0.2, 0.25) is 0 Å². The Labute approximate surface area is 418 Å². The number of benzene rings is 8. The molecule has 4 nitrogen and oxygen atoms in total. The van der Waals surface area contributed by atoms with E-state index >= 15 is 0 Å². The monoisotopic (exact) mass is 938 g/mol. The highest BCUT2D eigenvalue weighted by atomic mass is 32.1. The van der Waals surface area contributed by atoms with Crippen LogP contribution < -0.4 is 9.80 Å². The van der Waals surface area contributed by atoms with Crippen LogP contribution in [0.3, 0.4) is 0 Å². The maximum absolute atomic E-state index is 4.98. The number of nitrogens with zero attached hydrogens (tertiary/aromatic N) is 4. The Morgan fingerprint density at radius 3 is 1.60 bits per heavy atom. The third-order valence-electron chi connectivity index (χ3n) is 12.6. The van der Waals surface area contributed by atoms with Crippen LogP contribution in [0.5, 0.6) is 0 Å². The topological polar surface area (TPSA) is 32.3 Å². The van der Waals surface area contributed by atoms with Crippen LogP contribution in [-0.2, 0) is 0 Å². The second-order valence-corrected chi connectivity index (χ2v) is 19.5. The van der Waals surface area contributed by atoms with Gasteiger partial charge < -0.3 is 9.80 Å². The van der Waals surface area contributed by atoms with Gasteiger partial charge >= 0.3 is 0 Å². The zero-order chi connectivity index (χ0) is 47.2. The summed E-state index contributed by atoms with van der Waals surface area (Å²) in [5.74, 6) is 0. The number of fused-ring (bicyclic) bond motifs is 1. The first kappa shape index (κ1) is 44.4. The van der Waals surface area contributed by atoms with Crippen LogP contribution in [-0.4, -0.2) is 9.97 Å². The van der Waals surface area contributed by atoms with Crippen LogP contribution in [0.1, 0.15) is 30.3 Å². The molecule has 2 aromatic heterocycles. The first-order valence-corrected chi connectivity index (χ1v) is 25.5. The fraction of sp³-hybridized carbons (Fsp3) is 0.0625. The molecule has 0 bridgehead atoms. The molecule has 0 saturated heterocycles. The molecule has 0 fully saturated rings. The fourth-order valence-electron chi connectivity index (χ4n) is 9.03. The van der Waals surface area contributed by atoms with Gasteiger partial charge in [-0.3, -0.25) is 0 Å². The first-order chi connectivity index (χ1) is 34.5. The van der Waals surface area contributed by atoms with Gasteiger partial charge in [0.1, 0.15) is 10.0 Å². The molecular weight excluding hydrogens is 889 g/mol. The molecule has 8 aromatic carbocycles. The molecule has 70 heavy (non-hydrogen) atoms. The van der Waals surface area contributed by atoms with E-state index in [2.05, 4.69) is 260 Å². The average Bonchev–Trinajstić information content (AvgIpc) is 3.92. The van der Waals surface area contributed by atoms with Gasteiger partial charge in [-0.1, -0.05) is 128 Å². The summed E-state index contributed by atoms with van der Waals surface area (Å²) in [5.41, 5.74) is 17.9. The Bertz CT molecular complexity index is 3540. The van der Waals surface area contributed by atoms with E-state index in [1.54, 1.807) is 22.7 Å². The molecule has 338 valence electrons. The normalized spacial score (nSPS) is 12.3. The van der Waals surface area contributed by atoms with Crippen molar-refractivity contribution in [1.29, 1.82) is 0 Å². The lowest BCUT2D eigenvalue weighted by atomic mass is 9.95. The van der Waals surface area contributed by atoms with Crippen molar-refractivity contribution in [3.8, 4) is 54.5 Å². The van der Waals surface area contributed by atoms with E-state index in [1.807, 2.05) is 6.07 Å². The lowest BCUT2D eigenvalue weighted by molar-refractivity contribution is 1.18. The summed E-state index contributed by atoms with van der Waals surface area (Å²) in [5, 5.41) is 2.07. The zero-order valence-electron chi connectivity index (χ0n) is 39.1. The van der Waals surface area contributed by atoms with Crippen molar-refractivity contribution in [3.63, 3.8) is 0 Å². The van der Waals surface area contributed by atoms with E-state index in [4.69, 9.17) is 9.97 Å². The highest BCUT2D eigenvalue weighted by Crippen LogP contribution is 2.41. The first-order valence-electron chi connectivity index (χ1n) is 23.9. The van der Waals surface area contributed by atoms with Gasteiger partial charge in [0.2, 0.25) is 0 Å². The second kappa shape index (κ2) is 20.2. The van der Waals surface area contributed by atoms with E-state index in [9.17, 15) is 0 Å². The lowest BCUT2D eigenvalue weighted by Gasteiger charge is -2.27. The molecule has 0 amide bonds. The minimum absolute atomic E-state index is 0.861. The summed E-state index contributed by atoms with van der Waals surface area (Å²) >= 11 is 3.48. The van der Waals surface area contributed by atoms with Crippen LogP contribution in [0.15, 0.2) is 242 Å². The molecule has 0 N–H and O–H groups in total. The summed E-state index contributed by atoms with van der Waals surface area (Å²) in [7, 11) is 0. The van der Waals surface area contributed by atoms with E-state index in [0.29, 0.717) is 0 Å². The van der Waals surface area contributed by atoms with Gasteiger partial charge in [-0.25, -0.2) is 9.97 Å². The van der Waals surface area contributed by atoms with Gasteiger partial charge in [-0.05, 0) is 174 Å². The number of thiazole rings is 2. The SMILES string of the molecule is CC/C=C\c1nc(-c2ccc(N(C3=CCC=CC=C3)c3cccc(-c4cccc(-c5cccc(-c6cccc(N(c7ccccc7)c7ccc(-c8nc9ccccc9s8)cc7)c6)c5)c4)c3)cc2)sc1C. The van der Waals surface area contributed by atoms with Crippen molar-refractivity contribution in [1.82, 2.24) is 9.97 Å². The third kappa shape index (κ3) is 9.48. The van der Waals surface area contributed by atoms with Gasteiger partial charge in [-0.15, -0.1) is 22.7 Å². The molecule has 11 rings (SSSR count). The van der Waals surface area contributed by atoms with Crippen molar-refractivity contribution in [2.75, 3.05) is 9.80 Å². The predicted molar refractivity (Wildman–Crippen MR) is 301 cm³/mol. The molecule has 0 atom stereocenters. The highest BCUT2D eigenvalue weighted by molar-refractivity contribution is 7.21. The minimum atomic E-state index is 0.861.